The second kappa shape index (κ2) is 4.75. The predicted octanol–water partition coefficient (Wildman–Crippen LogP) is 2.64. The summed E-state index contributed by atoms with van der Waals surface area (Å²) in [5.41, 5.74) is 2.15. The van der Waals surface area contributed by atoms with Gasteiger partial charge in [-0.1, -0.05) is 19.1 Å². The summed E-state index contributed by atoms with van der Waals surface area (Å²) in [4.78, 5) is 0. The Morgan fingerprint density at radius 3 is 2.50 bits per heavy atom. The van der Waals surface area contributed by atoms with Gasteiger partial charge in [-0.25, -0.2) is 4.39 Å². The molecular formula is C10H13FN. The predicted molar refractivity (Wildman–Crippen MR) is 50.0 cm³/mol. The SMILES string of the molecule is C[CH]c1ccc(NCCF)cc1. The minimum Gasteiger partial charge on any atom is -0.382 e. The fraction of sp³-hybridized carbons (Fsp3) is 0.300. The summed E-state index contributed by atoms with van der Waals surface area (Å²) in [6, 6.07) is 7.90. The van der Waals surface area contributed by atoms with Gasteiger partial charge in [-0.3, -0.25) is 0 Å². The zero-order valence-electron chi connectivity index (χ0n) is 7.18. The summed E-state index contributed by atoms with van der Waals surface area (Å²) in [7, 11) is 0. The standard InChI is InChI=1S/C10H13FN/c1-2-9-3-5-10(6-4-9)12-8-7-11/h2-6,12H,7-8H2,1H3. The third-order valence-corrected chi connectivity index (χ3v) is 1.67. The van der Waals surface area contributed by atoms with E-state index in [1.54, 1.807) is 0 Å². The van der Waals surface area contributed by atoms with Gasteiger partial charge in [-0.2, -0.15) is 0 Å². The van der Waals surface area contributed by atoms with E-state index in [1.807, 2.05) is 37.6 Å². The average Bonchev–Trinajstić information content (AvgIpc) is 2.15. The van der Waals surface area contributed by atoms with E-state index in [9.17, 15) is 4.39 Å². The lowest BCUT2D eigenvalue weighted by Gasteiger charge is -2.03. The van der Waals surface area contributed by atoms with Gasteiger partial charge >= 0.3 is 0 Å². The van der Waals surface area contributed by atoms with Crippen LogP contribution in [0, 0.1) is 6.42 Å². The van der Waals surface area contributed by atoms with E-state index in [0.717, 1.165) is 5.69 Å². The van der Waals surface area contributed by atoms with E-state index < -0.39 is 0 Å². The third kappa shape index (κ3) is 2.53. The summed E-state index contributed by atoms with van der Waals surface area (Å²) in [5, 5.41) is 2.96. The van der Waals surface area contributed by atoms with E-state index in [2.05, 4.69) is 5.32 Å². The Morgan fingerprint density at radius 1 is 1.33 bits per heavy atom. The van der Waals surface area contributed by atoms with Gasteiger partial charge in [0.05, 0.1) is 0 Å². The van der Waals surface area contributed by atoms with Gasteiger partial charge in [-0.15, -0.1) is 0 Å². The Bertz CT molecular complexity index is 218. The highest BCUT2D eigenvalue weighted by atomic mass is 19.1. The second-order valence-corrected chi connectivity index (χ2v) is 2.53. The number of rotatable bonds is 4. The molecule has 0 aromatic heterocycles. The third-order valence-electron chi connectivity index (χ3n) is 1.67. The van der Waals surface area contributed by atoms with Gasteiger partial charge in [-0.05, 0) is 24.1 Å². The second-order valence-electron chi connectivity index (χ2n) is 2.53. The van der Waals surface area contributed by atoms with Gasteiger partial charge in [0, 0.05) is 12.2 Å². The fourth-order valence-corrected chi connectivity index (χ4v) is 0.985. The van der Waals surface area contributed by atoms with Crippen molar-refractivity contribution < 1.29 is 4.39 Å². The van der Waals surface area contributed by atoms with E-state index >= 15 is 0 Å². The molecule has 0 atom stereocenters. The van der Waals surface area contributed by atoms with Crippen molar-refractivity contribution in [3.8, 4) is 0 Å². The van der Waals surface area contributed by atoms with Crippen LogP contribution in [-0.2, 0) is 0 Å². The molecule has 0 fully saturated rings. The van der Waals surface area contributed by atoms with Crippen molar-refractivity contribution in [1.29, 1.82) is 0 Å². The van der Waals surface area contributed by atoms with E-state index in [-0.39, 0.29) is 6.67 Å². The molecule has 65 valence electrons. The molecule has 0 amide bonds. The van der Waals surface area contributed by atoms with Gasteiger partial charge in [0.15, 0.2) is 0 Å². The van der Waals surface area contributed by atoms with Crippen molar-refractivity contribution in [3.05, 3.63) is 36.2 Å². The molecule has 0 saturated carbocycles. The van der Waals surface area contributed by atoms with Gasteiger partial charge < -0.3 is 5.32 Å². The topological polar surface area (TPSA) is 12.0 Å². The maximum Gasteiger partial charge on any atom is 0.107 e. The molecule has 1 aromatic rings. The molecule has 0 unspecified atom stereocenters. The maximum absolute atomic E-state index is 11.8. The normalized spacial score (nSPS) is 9.83. The lowest BCUT2D eigenvalue weighted by molar-refractivity contribution is 0.513. The molecule has 12 heavy (non-hydrogen) atoms. The van der Waals surface area contributed by atoms with Crippen LogP contribution in [-0.4, -0.2) is 13.2 Å². The molecular weight excluding hydrogens is 153 g/mol. The Kier molecular flexibility index (Phi) is 3.58. The molecule has 1 N–H and O–H groups in total. The molecule has 1 aromatic carbocycles. The smallest absolute Gasteiger partial charge is 0.107 e. The van der Waals surface area contributed by atoms with Crippen LogP contribution >= 0.6 is 0 Å². The lowest BCUT2D eigenvalue weighted by Crippen LogP contribution is -2.02. The van der Waals surface area contributed by atoms with Crippen molar-refractivity contribution >= 4 is 5.69 Å². The number of benzene rings is 1. The first kappa shape index (κ1) is 9.04. The Morgan fingerprint density at radius 2 is 2.00 bits per heavy atom. The van der Waals surface area contributed by atoms with E-state index in [4.69, 9.17) is 0 Å². The maximum atomic E-state index is 11.8. The minimum atomic E-state index is -0.332. The largest absolute Gasteiger partial charge is 0.382 e. The number of nitrogens with one attached hydrogen (secondary N) is 1. The molecule has 0 aliphatic heterocycles. The zero-order chi connectivity index (χ0) is 8.81. The Balaban J connectivity index is 2.53. The van der Waals surface area contributed by atoms with Crippen molar-refractivity contribution in [3.63, 3.8) is 0 Å². The highest BCUT2D eigenvalue weighted by Gasteiger charge is 1.91. The molecule has 0 aliphatic carbocycles. The summed E-state index contributed by atoms with van der Waals surface area (Å²) in [6.07, 6.45) is 2.03. The number of hydrogen-bond acceptors (Lipinski definition) is 1. The summed E-state index contributed by atoms with van der Waals surface area (Å²) in [6.45, 7) is 2.04. The molecule has 0 heterocycles. The zero-order valence-corrected chi connectivity index (χ0v) is 7.18. The number of anilines is 1. The van der Waals surface area contributed by atoms with Crippen LogP contribution in [0.5, 0.6) is 0 Å². The first-order valence-electron chi connectivity index (χ1n) is 4.06. The molecule has 2 heteroatoms. The molecule has 0 spiro atoms. The van der Waals surface area contributed by atoms with Crippen molar-refractivity contribution in [2.75, 3.05) is 18.5 Å². The van der Waals surface area contributed by atoms with Crippen molar-refractivity contribution in [2.45, 2.75) is 6.92 Å². The Hall–Kier alpha value is -1.05. The van der Waals surface area contributed by atoms with Crippen molar-refractivity contribution in [2.24, 2.45) is 0 Å². The highest BCUT2D eigenvalue weighted by Crippen LogP contribution is 2.09. The average molecular weight is 166 g/mol. The molecule has 1 radical (unpaired) electrons. The monoisotopic (exact) mass is 166 g/mol. The van der Waals surface area contributed by atoms with Crippen LogP contribution in [0.4, 0.5) is 10.1 Å². The fourth-order valence-electron chi connectivity index (χ4n) is 0.985. The van der Waals surface area contributed by atoms with Crippen LogP contribution in [0.15, 0.2) is 24.3 Å². The summed E-state index contributed by atoms with van der Waals surface area (Å²) < 4.78 is 11.8. The van der Waals surface area contributed by atoms with E-state index in [0.29, 0.717) is 6.54 Å². The number of hydrogen-bond donors (Lipinski definition) is 1. The van der Waals surface area contributed by atoms with Crippen LogP contribution in [0.2, 0.25) is 0 Å². The molecule has 0 aliphatic rings. The van der Waals surface area contributed by atoms with Gasteiger partial charge in [0.1, 0.15) is 6.67 Å². The molecule has 0 saturated heterocycles. The minimum absolute atomic E-state index is 0.332. The van der Waals surface area contributed by atoms with Crippen LogP contribution in [0.1, 0.15) is 12.5 Å². The highest BCUT2D eigenvalue weighted by molar-refractivity contribution is 5.45. The lowest BCUT2D eigenvalue weighted by atomic mass is 10.1. The molecule has 0 bridgehead atoms. The van der Waals surface area contributed by atoms with Crippen molar-refractivity contribution in [1.82, 2.24) is 0 Å². The van der Waals surface area contributed by atoms with Gasteiger partial charge in [0.25, 0.3) is 0 Å². The molecule has 1 nitrogen and oxygen atoms in total. The summed E-state index contributed by atoms with van der Waals surface area (Å²) >= 11 is 0. The summed E-state index contributed by atoms with van der Waals surface area (Å²) in [5.74, 6) is 0. The first-order chi connectivity index (χ1) is 5.86. The first-order valence-corrected chi connectivity index (χ1v) is 4.06. The number of halogens is 1. The van der Waals surface area contributed by atoms with E-state index in [1.165, 1.54) is 5.56 Å². The molecule has 1 rings (SSSR count). The van der Waals surface area contributed by atoms with Crippen LogP contribution in [0.3, 0.4) is 0 Å². The van der Waals surface area contributed by atoms with Crippen LogP contribution < -0.4 is 5.32 Å². The number of alkyl halides is 1. The van der Waals surface area contributed by atoms with Crippen LogP contribution in [0.25, 0.3) is 0 Å². The quantitative estimate of drug-likeness (QED) is 0.725. The Labute approximate surface area is 72.6 Å². The van der Waals surface area contributed by atoms with Gasteiger partial charge in [0.2, 0.25) is 0 Å².